The summed E-state index contributed by atoms with van der Waals surface area (Å²) in [6.45, 7) is 6.26. The van der Waals surface area contributed by atoms with Gasteiger partial charge in [-0.3, -0.25) is 4.79 Å². The van der Waals surface area contributed by atoms with Gasteiger partial charge in [0.25, 0.3) is 5.91 Å². The first-order chi connectivity index (χ1) is 13.5. The molecule has 3 rings (SSSR count). The number of amides is 1. The van der Waals surface area contributed by atoms with Gasteiger partial charge in [0.15, 0.2) is 0 Å². The molecule has 0 aliphatic heterocycles. The van der Waals surface area contributed by atoms with Gasteiger partial charge in [-0.2, -0.15) is 0 Å². The Labute approximate surface area is 165 Å². The molecule has 2 N–H and O–H groups in total. The van der Waals surface area contributed by atoms with E-state index in [9.17, 15) is 4.79 Å². The van der Waals surface area contributed by atoms with Crippen molar-refractivity contribution >= 4 is 23.1 Å². The molecule has 28 heavy (non-hydrogen) atoms. The van der Waals surface area contributed by atoms with Crippen LogP contribution in [0.3, 0.4) is 0 Å². The van der Waals surface area contributed by atoms with Crippen molar-refractivity contribution in [1.82, 2.24) is 9.97 Å². The van der Waals surface area contributed by atoms with Gasteiger partial charge >= 0.3 is 0 Å². The molecule has 2 aromatic carbocycles. The van der Waals surface area contributed by atoms with Gasteiger partial charge in [0, 0.05) is 5.69 Å². The molecule has 3 aromatic rings. The zero-order valence-electron chi connectivity index (χ0n) is 16.5. The van der Waals surface area contributed by atoms with E-state index < -0.39 is 0 Å². The average molecular weight is 376 g/mol. The smallest absolute Gasteiger partial charge is 0.275 e. The van der Waals surface area contributed by atoms with Crippen molar-refractivity contribution in [3.8, 4) is 5.75 Å². The van der Waals surface area contributed by atoms with Crippen molar-refractivity contribution in [1.29, 1.82) is 0 Å². The molecule has 0 saturated heterocycles. The minimum absolute atomic E-state index is 0.245. The minimum atomic E-state index is -0.301. The fourth-order valence-corrected chi connectivity index (χ4v) is 2.71. The van der Waals surface area contributed by atoms with Gasteiger partial charge in [-0.05, 0) is 48.2 Å². The van der Waals surface area contributed by atoms with E-state index in [0.717, 1.165) is 16.9 Å². The second-order valence-corrected chi connectivity index (χ2v) is 6.85. The monoisotopic (exact) mass is 376 g/mol. The number of rotatable bonds is 6. The standard InChI is InChI=1S/C22H24N4O2/c1-14(2)16-6-8-17(9-7-16)25-22(27)19-12-24-21(13-23-19)26-18-11-15(3)5-10-20(18)28-4/h5-14H,1-4H3,(H,24,26)(H,25,27). The van der Waals surface area contributed by atoms with Crippen molar-refractivity contribution in [2.24, 2.45) is 0 Å². The highest BCUT2D eigenvalue weighted by Crippen LogP contribution is 2.27. The third kappa shape index (κ3) is 4.65. The Hall–Kier alpha value is -3.41. The van der Waals surface area contributed by atoms with E-state index in [1.165, 1.54) is 18.0 Å². The van der Waals surface area contributed by atoms with E-state index >= 15 is 0 Å². The number of aromatic nitrogens is 2. The molecule has 1 heterocycles. The third-order valence-corrected chi connectivity index (χ3v) is 4.34. The summed E-state index contributed by atoms with van der Waals surface area (Å²) in [7, 11) is 1.61. The lowest BCUT2D eigenvalue weighted by Crippen LogP contribution is -2.14. The molecule has 0 fully saturated rings. The number of anilines is 3. The number of methoxy groups -OCH3 is 1. The summed E-state index contributed by atoms with van der Waals surface area (Å²) in [5.74, 6) is 1.38. The number of hydrogen-bond donors (Lipinski definition) is 2. The number of carbonyl (C=O) groups is 1. The van der Waals surface area contributed by atoms with E-state index in [1.807, 2.05) is 49.4 Å². The van der Waals surface area contributed by atoms with Crippen LogP contribution >= 0.6 is 0 Å². The van der Waals surface area contributed by atoms with E-state index in [4.69, 9.17) is 4.74 Å². The molecule has 1 amide bonds. The van der Waals surface area contributed by atoms with Crippen LogP contribution in [0.4, 0.5) is 17.2 Å². The van der Waals surface area contributed by atoms with Gasteiger partial charge in [0.2, 0.25) is 0 Å². The second-order valence-electron chi connectivity index (χ2n) is 6.85. The number of carbonyl (C=O) groups excluding carboxylic acids is 1. The van der Waals surface area contributed by atoms with E-state index in [0.29, 0.717) is 17.5 Å². The van der Waals surface area contributed by atoms with E-state index in [2.05, 4.69) is 34.4 Å². The number of hydrogen-bond acceptors (Lipinski definition) is 5. The van der Waals surface area contributed by atoms with Crippen LogP contribution in [0.5, 0.6) is 5.75 Å². The normalized spacial score (nSPS) is 10.6. The molecule has 0 saturated carbocycles. The van der Waals surface area contributed by atoms with Gasteiger partial charge in [0.05, 0.1) is 25.2 Å². The van der Waals surface area contributed by atoms with E-state index in [1.54, 1.807) is 7.11 Å². The summed E-state index contributed by atoms with van der Waals surface area (Å²) >= 11 is 0. The minimum Gasteiger partial charge on any atom is -0.495 e. The van der Waals surface area contributed by atoms with Gasteiger partial charge in [-0.1, -0.05) is 32.0 Å². The number of nitrogens with one attached hydrogen (secondary N) is 2. The number of aryl methyl sites for hydroxylation is 1. The molecular weight excluding hydrogens is 352 g/mol. The summed E-state index contributed by atoms with van der Waals surface area (Å²) in [6.07, 6.45) is 2.97. The lowest BCUT2D eigenvalue weighted by Gasteiger charge is -2.11. The van der Waals surface area contributed by atoms with E-state index in [-0.39, 0.29) is 11.6 Å². The summed E-state index contributed by atoms with van der Waals surface area (Å²) in [5, 5.41) is 6.00. The molecular formula is C22H24N4O2. The average Bonchev–Trinajstić information content (AvgIpc) is 2.69. The van der Waals surface area contributed by atoms with Crippen molar-refractivity contribution in [2.45, 2.75) is 26.7 Å². The third-order valence-electron chi connectivity index (χ3n) is 4.34. The first kappa shape index (κ1) is 19.4. The zero-order valence-corrected chi connectivity index (χ0v) is 16.5. The molecule has 0 unspecified atom stereocenters. The van der Waals surface area contributed by atoms with Crippen LogP contribution in [0.15, 0.2) is 54.9 Å². The van der Waals surface area contributed by atoms with Crippen molar-refractivity contribution in [3.63, 3.8) is 0 Å². The van der Waals surface area contributed by atoms with Crippen LogP contribution < -0.4 is 15.4 Å². The van der Waals surface area contributed by atoms with Gasteiger partial charge in [0.1, 0.15) is 17.3 Å². The summed E-state index contributed by atoms with van der Waals surface area (Å²) < 4.78 is 5.35. The Balaban J connectivity index is 1.68. The maximum absolute atomic E-state index is 12.4. The summed E-state index contributed by atoms with van der Waals surface area (Å²) in [4.78, 5) is 20.9. The molecule has 0 radical (unpaired) electrons. The summed E-state index contributed by atoms with van der Waals surface area (Å²) in [6, 6.07) is 13.6. The molecule has 1 aromatic heterocycles. The van der Waals surface area contributed by atoms with Crippen molar-refractivity contribution in [3.05, 3.63) is 71.7 Å². The summed E-state index contributed by atoms with van der Waals surface area (Å²) in [5.41, 5.74) is 4.08. The van der Waals surface area contributed by atoms with Gasteiger partial charge in [-0.15, -0.1) is 0 Å². The van der Waals surface area contributed by atoms with Crippen LogP contribution in [0, 0.1) is 6.92 Å². The molecule has 6 nitrogen and oxygen atoms in total. The predicted octanol–water partition coefficient (Wildman–Crippen LogP) is 4.91. The fourth-order valence-electron chi connectivity index (χ4n) is 2.71. The number of ether oxygens (including phenoxy) is 1. The van der Waals surface area contributed by atoms with Crippen LogP contribution in [0.25, 0.3) is 0 Å². The Morgan fingerprint density at radius 1 is 1.04 bits per heavy atom. The molecule has 6 heteroatoms. The Morgan fingerprint density at radius 3 is 2.39 bits per heavy atom. The predicted molar refractivity (Wildman–Crippen MR) is 112 cm³/mol. The Morgan fingerprint density at radius 2 is 1.79 bits per heavy atom. The fraction of sp³-hybridized carbons (Fsp3) is 0.227. The largest absolute Gasteiger partial charge is 0.495 e. The molecule has 0 spiro atoms. The topological polar surface area (TPSA) is 76.1 Å². The Bertz CT molecular complexity index is 951. The van der Waals surface area contributed by atoms with Crippen LogP contribution in [0.2, 0.25) is 0 Å². The highest BCUT2D eigenvalue weighted by Gasteiger charge is 2.10. The van der Waals surface area contributed by atoms with Crippen molar-refractivity contribution in [2.75, 3.05) is 17.7 Å². The highest BCUT2D eigenvalue weighted by molar-refractivity contribution is 6.02. The lowest BCUT2D eigenvalue weighted by atomic mass is 10.0. The molecule has 0 aliphatic carbocycles. The quantitative estimate of drug-likeness (QED) is 0.639. The van der Waals surface area contributed by atoms with Gasteiger partial charge < -0.3 is 15.4 Å². The van der Waals surface area contributed by atoms with Crippen LogP contribution in [0.1, 0.15) is 41.4 Å². The number of benzene rings is 2. The molecule has 0 bridgehead atoms. The first-order valence-electron chi connectivity index (χ1n) is 9.11. The van der Waals surface area contributed by atoms with Crippen LogP contribution in [-0.2, 0) is 0 Å². The number of nitrogens with zero attached hydrogens (tertiary/aromatic N) is 2. The molecule has 144 valence electrons. The highest BCUT2D eigenvalue weighted by atomic mass is 16.5. The van der Waals surface area contributed by atoms with Gasteiger partial charge in [-0.25, -0.2) is 9.97 Å². The van der Waals surface area contributed by atoms with Crippen LogP contribution in [-0.4, -0.2) is 23.0 Å². The Kier molecular flexibility index (Phi) is 5.89. The maximum Gasteiger partial charge on any atom is 0.275 e. The SMILES string of the molecule is COc1ccc(C)cc1Nc1cnc(C(=O)Nc2ccc(C(C)C)cc2)cn1. The molecule has 0 aliphatic rings. The second kappa shape index (κ2) is 8.52. The van der Waals surface area contributed by atoms with Crippen molar-refractivity contribution < 1.29 is 9.53 Å². The zero-order chi connectivity index (χ0) is 20.1. The molecule has 0 atom stereocenters. The lowest BCUT2D eigenvalue weighted by molar-refractivity contribution is 0.102. The first-order valence-corrected chi connectivity index (χ1v) is 9.11. The maximum atomic E-state index is 12.4.